The Bertz CT molecular complexity index is 823. The van der Waals surface area contributed by atoms with Gasteiger partial charge >= 0.3 is 0 Å². The first-order valence-corrected chi connectivity index (χ1v) is 9.67. The maximum Gasteiger partial charge on any atom is 0.236 e. The summed E-state index contributed by atoms with van der Waals surface area (Å²) in [5, 5.41) is 1.27. The van der Waals surface area contributed by atoms with E-state index in [1.165, 1.54) is 9.71 Å². The van der Waals surface area contributed by atoms with E-state index in [0.717, 1.165) is 11.1 Å². The highest BCUT2D eigenvalue weighted by Gasteiger charge is 2.18. The lowest BCUT2D eigenvalue weighted by Crippen LogP contribution is -2.29. The predicted molar refractivity (Wildman–Crippen MR) is 105 cm³/mol. The minimum absolute atomic E-state index is 0.320. The first-order chi connectivity index (χ1) is 12.1. The fourth-order valence-electron chi connectivity index (χ4n) is 2.23. The molecule has 0 aliphatic heterocycles. The zero-order valence-corrected chi connectivity index (χ0v) is 15.1. The fourth-order valence-corrected chi connectivity index (χ4v) is 3.35. The highest BCUT2D eigenvalue weighted by molar-refractivity contribution is 7.92. The Kier molecular flexibility index (Phi) is 7.38. The van der Waals surface area contributed by atoms with Crippen LogP contribution in [0.25, 0.3) is 6.08 Å². The van der Waals surface area contributed by atoms with Crippen LogP contribution in [0.1, 0.15) is 18.1 Å². The summed E-state index contributed by atoms with van der Waals surface area (Å²) in [4.78, 5) is 0. The van der Waals surface area contributed by atoms with E-state index < -0.39 is 10.0 Å². The summed E-state index contributed by atoms with van der Waals surface area (Å²) in [6, 6.07) is 19.0. The topological polar surface area (TPSA) is 37.4 Å². The second-order valence-electron chi connectivity index (χ2n) is 5.49. The van der Waals surface area contributed by atoms with Crippen molar-refractivity contribution in [2.45, 2.75) is 13.5 Å². The third-order valence-corrected chi connectivity index (χ3v) is 5.02. The second-order valence-corrected chi connectivity index (χ2v) is 7.31. The zero-order chi connectivity index (χ0) is 18.0. The molecule has 0 heterocycles. The van der Waals surface area contributed by atoms with E-state index >= 15 is 0 Å². The van der Waals surface area contributed by atoms with Crippen molar-refractivity contribution in [3.63, 3.8) is 0 Å². The maximum atomic E-state index is 12.8. The first-order valence-electron chi connectivity index (χ1n) is 8.17. The van der Waals surface area contributed by atoms with Crippen molar-refractivity contribution in [1.29, 1.82) is 0 Å². The van der Waals surface area contributed by atoms with Crippen molar-refractivity contribution in [3.05, 3.63) is 102 Å². The van der Waals surface area contributed by atoms with E-state index in [2.05, 4.69) is 0 Å². The molecule has 0 aliphatic carbocycles. The standard InChI is InChI=1S/C21H23NO2S/c1-2-3-4-11-17-22(19-21-14-9-6-10-15-21)25(23,24)18-16-20-12-7-5-8-13-20/h2-16,18H,17,19H2,1H3/b3-2+,11-4+,18-16+. The van der Waals surface area contributed by atoms with E-state index in [1.807, 2.05) is 91.9 Å². The van der Waals surface area contributed by atoms with Gasteiger partial charge in [-0.05, 0) is 24.1 Å². The molecule has 0 aliphatic rings. The molecule has 2 rings (SSSR count). The molecule has 130 valence electrons. The highest BCUT2D eigenvalue weighted by atomic mass is 32.2. The summed E-state index contributed by atoms with van der Waals surface area (Å²) in [6.45, 7) is 2.58. The van der Waals surface area contributed by atoms with E-state index in [9.17, 15) is 8.42 Å². The van der Waals surface area contributed by atoms with E-state index in [0.29, 0.717) is 13.1 Å². The maximum absolute atomic E-state index is 12.8. The summed E-state index contributed by atoms with van der Waals surface area (Å²) in [7, 11) is -3.53. The van der Waals surface area contributed by atoms with Gasteiger partial charge in [-0.3, -0.25) is 0 Å². The van der Waals surface area contributed by atoms with Gasteiger partial charge in [-0.15, -0.1) is 0 Å². The molecule has 0 unspecified atom stereocenters. The Hall–Kier alpha value is -2.43. The molecule has 3 nitrogen and oxygen atoms in total. The van der Waals surface area contributed by atoms with Gasteiger partial charge in [0.2, 0.25) is 10.0 Å². The van der Waals surface area contributed by atoms with Crippen LogP contribution in [0.2, 0.25) is 0 Å². The van der Waals surface area contributed by atoms with E-state index in [-0.39, 0.29) is 0 Å². The van der Waals surface area contributed by atoms with Crippen LogP contribution in [0.15, 0.2) is 90.4 Å². The molecular weight excluding hydrogens is 330 g/mol. The van der Waals surface area contributed by atoms with Crippen LogP contribution in [0.5, 0.6) is 0 Å². The lowest BCUT2D eigenvalue weighted by Gasteiger charge is -2.18. The average Bonchev–Trinajstić information content (AvgIpc) is 2.64. The Balaban J connectivity index is 2.20. The molecular formula is C21H23NO2S. The second kappa shape index (κ2) is 9.77. The Morgan fingerprint density at radius 3 is 2.20 bits per heavy atom. The molecule has 25 heavy (non-hydrogen) atoms. The van der Waals surface area contributed by atoms with Crippen molar-refractivity contribution in [3.8, 4) is 0 Å². The lowest BCUT2D eigenvalue weighted by molar-refractivity contribution is 0.446. The Morgan fingerprint density at radius 1 is 0.920 bits per heavy atom. The molecule has 0 amide bonds. The quantitative estimate of drug-likeness (QED) is 0.649. The molecule has 2 aromatic rings. The van der Waals surface area contributed by atoms with Gasteiger partial charge in [0.05, 0.1) is 0 Å². The minimum atomic E-state index is -3.53. The molecule has 0 N–H and O–H groups in total. The molecule has 2 aromatic carbocycles. The lowest BCUT2D eigenvalue weighted by atomic mass is 10.2. The van der Waals surface area contributed by atoms with Crippen molar-refractivity contribution in [2.24, 2.45) is 0 Å². The molecule has 0 bridgehead atoms. The number of hydrogen-bond donors (Lipinski definition) is 0. The van der Waals surface area contributed by atoms with Crippen LogP contribution >= 0.6 is 0 Å². The summed E-state index contributed by atoms with van der Waals surface area (Å²) in [5.74, 6) is 0. The van der Waals surface area contributed by atoms with E-state index in [1.54, 1.807) is 6.08 Å². The van der Waals surface area contributed by atoms with Crippen molar-refractivity contribution in [2.75, 3.05) is 6.54 Å². The first kappa shape index (κ1) is 18.9. The van der Waals surface area contributed by atoms with Crippen LogP contribution in [0.3, 0.4) is 0 Å². The minimum Gasteiger partial charge on any atom is -0.207 e. The fraction of sp³-hybridized carbons (Fsp3) is 0.143. The number of hydrogen-bond acceptors (Lipinski definition) is 2. The molecule has 0 spiro atoms. The average molecular weight is 353 g/mol. The normalized spacial score (nSPS) is 12.7. The van der Waals surface area contributed by atoms with Crippen LogP contribution in [-0.4, -0.2) is 19.3 Å². The predicted octanol–water partition coefficient (Wildman–Crippen LogP) is 4.62. The summed E-state index contributed by atoms with van der Waals surface area (Å²) >= 11 is 0. The monoisotopic (exact) mass is 353 g/mol. The number of sulfonamides is 1. The van der Waals surface area contributed by atoms with Gasteiger partial charge in [-0.2, -0.15) is 4.31 Å². The van der Waals surface area contributed by atoms with Crippen molar-refractivity contribution in [1.82, 2.24) is 4.31 Å². The van der Waals surface area contributed by atoms with E-state index in [4.69, 9.17) is 0 Å². The molecule has 0 saturated carbocycles. The van der Waals surface area contributed by atoms with Gasteiger partial charge < -0.3 is 0 Å². The summed E-state index contributed by atoms with van der Waals surface area (Å²) in [6.07, 6.45) is 9.11. The molecule has 4 heteroatoms. The Labute approximate surface area is 150 Å². The highest BCUT2D eigenvalue weighted by Crippen LogP contribution is 2.13. The SMILES string of the molecule is C/C=C/C=C/CN(Cc1ccccc1)S(=O)(=O)/C=C/c1ccccc1. The van der Waals surface area contributed by atoms with Gasteiger partial charge in [0, 0.05) is 18.5 Å². The van der Waals surface area contributed by atoms with Gasteiger partial charge in [-0.1, -0.05) is 85.0 Å². The molecule has 0 aromatic heterocycles. The van der Waals surface area contributed by atoms with Gasteiger partial charge in [0.15, 0.2) is 0 Å². The Morgan fingerprint density at radius 2 is 1.56 bits per heavy atom. The molecule has 0 saturated heterocycles. The number of allylic oxidation sites excluding steroid dienone is 3. The third kappa shape index (κ3) is 6.53. The van der Waals surface area contributed by atoms with Crippen LogP contribution < -0.4 is 0 Å². The molecule has 0 atom stereocenters. The van der Waals surface area contributed by atoms with Crippen LogP contribution in [0.4, 0.5) is 0 Å². The molecule has 0 fully saturated rings. The zero-order valence-electron chi connectivity index (χ0n) is 14.3. The number of nitrogens with zero attached hydrogens (tertiary/aromatic N) is 1. The third-order valence-electron chi connectivity index (χ3n) is 3.54. The largest absolute Gasteiger partial charge is 0.236 e. The van der Waals surface area contributed by atoms with Crippen molar-refractivity contribution < 1.29 is 8.42 Å². The summed E-state index contributed by atoms with van der Waals surface area (Å²) < 4.78 is 27.0. The van der Waals surface area contributed by atoms with Gasteiger partial charge in [0.1, 0.15) is 0 Å². The molecule has 0 radical (unpaired) electrons. The number of benzene rings is 2. The van der Waals surface area contributed by atoms with Gasteiger partial charge in [0.25, 0.3) is 0 Å². The summed E-state index contributed by atoms with van der Waals surface area (Å²) in [5.41, 5.74) is 1.81. The van der Waals surface area contributed by atoms with Crippen molar-refractivity contribution >= 4 is 16.1 Å². The van der Waals surface area contributed by atoms with Crippen LogP contribution in [0, 0.1) is 0 Å². The smallest absolute Gasteiger partial charge is 0.207 e. The van der Waals surface area contributed by atoms with Crippen LogP contribution in [-0.2, 0) is 16.6 Å². The van der Waals surface area contributed by atoms with Gasteiger partial charge in [-0.25, -0.2) is 8.42 Å². The number of rotatable bonds is 8.